The molecule has 0 bridgehead atoms. The Labute approximate surface area is 145 Å². The van der Waals surface area contributed by atoms with Crippen molar-refractivity contribution in [1.29, 1.82) is 0 Å². The summed E-state index contributed by atoms with van der Waals surface area (Å²) in [6.07, 6.45) is 13.8. The van der Waals surface area contributed by atoms with Gasteiger partial charge in [-0.15, -0.1) is 0 Å². The topological polar surface area (TPSA) is 61.8 Å². The van der Waals surface area contributed by atoms with Crippen molar-refractivity contribution in [2.24, 2.45) is 0 Å². The van der Waals surface area contributed by atoms with Crippen LogP contribution in [0.5, 0.6) is 0 Å². The molecule has 0 N–H and O–H groups in total. The first-order valence-corrected chi connectivity index (χ1v) is 9.35. The maximum atomic E-state index is 11.5. The Balaban J connectivity index is 1.93. The Hall–Kier alpha value is -1.36. The van der Waals surface area contributed by atoms with E-state index in [-0.39, 0.29) is 12.7 Å². The summed E-state index contributed by atoms with van der Waals surface area (Å²) in [5.74, 6) is -1.03. The van der Waals surface area contributed by atoms with Crippen molar-refractivity contribution in [3.63, 3.8) is 0 Å². The number of esters is 2. The second-order valence-corrected chi connectivity index (χ2v) is 6.24. The molecule has 0 aromatic carbocycles. The minimum atomic E-state index is -0.533. The van der Waals surface area contributed by atoms with Crippen LogP contribution in [-0.4, -0.2) is 37.9 Å². The normalized spacial score (nSPS) is 17.3. The maximum absolute atomic E-state index is 11.5. The minimum absolute atomic E-state index is 0.00345. The summed E-state index contributed by atoms with van der Waals surface area (Å²) in [7, 11) is 0. The molecule has 0 aromatic rings. The molecule has 0 radical (unpaired) electrons. The van der Waals surface area contributed by atoms with Gasteiger partial charge in [0.25, 0.3) is 0 Å². The molecule has 138 valence electrons. The summed E-state index contributed by atoms with van der Waals surface area (Å²) in [5, 5.41) is 0. The van der Waals surface area contributed by atoms with Crippen LogP contribution in [0.4, 0.5) is 0 Å². The molecule has 1 aliphatic rings. The number of unbranched alkanes of at least 4 members (excludes halogenated alkanes) is 7. The van der Waals surface area contributed by atoms with E-state index in [4.69, 9.17) is 14.2 Å². The fourth-order valence-corrected chi connectivity index (χ4v) is 2.59. The minimum Gasteiger partial charge on any atom is -0.463 e. The van der Waals surface area contributed by atoms with Gasteiger partial charge in [0.15, 0.2) is 0 Å². The number of carbonyl (C=O) groups excluding carboxylic acids is 2. The molecule has 1 aliphatic heterocycles. The van der Waals surface area contributed by atoms with Crippen LogP contribution >= 0.6 is 0 Å². The molecule has 0 saturated carbocycles. The lowest BCUT2D eigenvalue weighted by Crippen LogP contribution is -2.16. The van der Waals surface area contributed by atoms with E-state index < -0.39 is 11.9 Å². The lowest BCUT2D eigenvalue weighted by Gasteiger charge is -2.08. The van der Waals surface area contributed by atoms with Crippen molar-refractivity contribution in [1.82, 2.24) is 0 Å². The van der Waals surface area contributed by atoms with E-state index in [1.165, 1.54) is 38.5 Å². The SMILES string of the molecule is CCCCCCCCCCOC(=O)/C=C/C(=O)OCC1CCCO1. The Morgan fingerprint density at radius 2 is 1.58 bits per heavy atom. The zero-order valence-corrected chi connectivity index (χ0v) is 15.0. The van der Waals surface area contributed by atoms with E-state index in [2.05, 4.69) is 6.92 Å². The van der Waals surface area contributed by atoms with Crippen LogP contribution in [0, 0.1) is 0 Å². The summed E-state index contributed by atoms with van der Waals surface area (Å²) in [4.78, 5) is 22.9. The number of rotatable bonds is 13. The second-order valence-electron chi connectivity index (χ2n) is 6.24. The number of hydrogen-bond acceptors (Lipinski definition) is 5. The molecule has 1 rings (SSSR count). The zero-order chi connectivity index (χ0) is 17.5. The molecule has 0 aromatic heterocycles. The third-order valence-corrected chi connectivity index (χ3v) is 4.03. The third kappa shape index (κ3) is 11.2. The van der Waals surface area contributed by atoms with Gasteiger partial charge in [0.05, 0.1) is 12.7 Å². The molecule has 1 saturated heterocycles. The summed E-state index contributed by atoms with van der Waals surface area (Å²) in [5.41, 5.74) is 0. The van der Waals surface area contributed by atoms with Gasteiger partial charge in [-0.25, -0.2) is 9.59 Å². The highest BCUT2D eigenvalue weighted by Crippen LogP contribution is 2.12. The molecule has 1 unspecified atom stereocenters. The average molecular weight is 340 g/mol. The van der Waals surface area contributed by atoms with Gasteiger partial charge in [-0.3, -0.25) is 0 Å². The first-order valence-electron chi connectivity index (χ1n) is 9.35. The lowest BCUT2D eigenvalue weighted by molar-refractivity contribution is -0.142. The van der Waals surface area contributed by atoms with Gasteiger partial charge < -0.3 is 14.2 Å². The average Bonchev–Trinajstić information content (AvgIpc) is 3.10. The van der Waals surface area contributed by atoms with Gasteiger partial charge in [-0.1, -0.05) is 51.9 Å². The smallest absolute Gasteiger partial charge is 0.331 e. The summed E-state index contributed by atoms with van der Waals surface area (Å²) in [6.45, 7) is 3.59. The van der Waals surface area contributed by atoms with Gasteiger partial charge in [0.1, 0.15) is 6.61 Å². The molecular weight excluding hydrogens is 308 g/mol. The molecule has 5 heteroatoms. The van der Waals surface area contributed by atoms with E-state index in [0.29, 0.717) is 6.61 Å². The molecule has 24 heavy (non-hydrogen) atoms. The van der Waals surface area contributed by atoms with Crippen molar-refractivity contribution < 1.29 is 23.8 Å². The second kappa shape index (κ2) is 14.0. The highest BCUT2D eigenvalue weighted by atomic mass is 16.6. The van der Waals surface area contributed by atoms with Crippen LogP contribution in [0.1, 0.15) is 71.1 Å². The molecule has 5 nitrogen and oxygen atoms in total. The van der Waals surface area contributed by atoms with Gasteiger partial charge in [-0.2, -0.15) is 0 Å². The van der Waals surface area contributed by atoms with E-state index in [9.17, 15) is 9.59 Å². The first kappa shape index (κ1) is 20.7. The van der Waals surface area contributed by atoms with Gasteiger partial charge in [0.2, 0.25) is 0 Å². The molecule has 1 fully saturated rings. The van der Waals surface area contributed by atoms with E-state index in [1.54, 1.807) is 0 Å². The number of hydrogen-bond donors (Lipinski definition) is 0. The molecule has 0 amide bonds. The predicted molar refractivity (Wildman–Crippen MR) is 92.6 cm³/mol. The molecule has 1 atom stereocenters. The third-order valence-electron chi connectivity index (χ3n) is 4.03. The van der Waals surface area contributed by atoms with Gasteiger partial charge in [0, 0.05) is 18.8 Å². The van der Waals surface area contributed by atoms with E-state index in [1.807, 2.05) is 0 Å². The van der Waals surface area contributed by atoms with Crippen LogP contribution in [-0.2, 0) is 23.8 Å². The Kier molecular flexibility index (Phi) is 12.1. The fourth-order valence-electron chi connectivity index (χ4n) is 2.59. The molecule has 0 spiro atoms. The van der Waals surface area contributed by atoms with E-state index >= 15 is 0 Å². The van der Waals surface area contributed by atoms with Crippen LogP contribution in [0.25, 0.3) is 0 Å². The largest absolute Gasteiger partial charge is 0.463 e. The molecule has 1 heterocycles. The van der Waals surface area contributed by atoms with Gasteiger partial charge >= 0.3 is 11.9 Å². The van der Waals surface area contributed by atoms with Crippen LogP contribution in [0.3, 0.4) is 0 Å². The van der Waals surface area contributed by atoms with Gasteiger partial charge in [-0.05, 0) is 19.3 Å². The monoisotopic (exact) mass is 340 g/mol. The Morgan fingerprint density at radius 3 is 2.21 bits per heavy atom. The Bertz CT molecular complexity index is 372. The number of carbonyl (C=O) groups is 2. The number of ether oxygens (including phenoxy) is 3. The quantitative estimate of drug-likeness (QED) is 0.289. The van der Waals surface area contributed by atoms with Crippen molar-refractivity contribution in [3.8, 4) is 0 Å². The highest BCUT2D eigenvalue weighted by molar-refractivity contribution is 5.91. The summed E-state index contributed by atoms with van der Waals surface area (Å²) < 4.78 is 15.4. The lowest BCUT2D eigenvalue weighted by atomic mass is 10.1. The Morgan fingerprint density at radius 1 is 0.958 bits per heavy atom. The maximum Gasteiger partial charge on any atom is 0.331 e. The fraction of sp³-hybridized carbons (Fsp3) is 0.789. The van der Waals surface area contributed by atoms with Crippen LogP contribution < -0.4 is 0 Å². The van der Waals surface area contributed by atoms with Crippen molar-refractivity contribution in [2.75, 3.05) is 19.8 Å². The van der Waals surface area contributed by atoms with Crippen molar-refractivity contribution in [2.45, 2.75) is 77.2 Å². The van der Waals surface area contributed by atoms with Crippen molar-refractivity contribution in [3.05, 3.63) is 12.2 Å². The summed E-state index contributed by atoms with van der Waals surface area (Å²) in [6, 6.07) is 0. The highest BCUT2D eigenvalue weighted by Gasteiger charge is 2.16. The standard InChI is InChI=1S/C19H32O5/c1-2-3-4-5-6-7-8-9-14-23-18(20)12-13-19(21)24-16-17-11-10-15-22-17/h12-13,17H,2-11,14-16H2,1H3/b13-12+. The van der Waals surface area contributed by atoms with Crippen LogP contribution in [0.2, 0.25) is 0 Å². The first-order chi connectivity index (χ1) is 11.7. The van der Waals surface area contributed by atoms with E-state index in [0.717, 1.165) is 44.4 Å². The van der Waals surface area contributed by atoms with Crippen molar-refractivity contribution >= 4 is 11.9 Å². The molecule has 0 aliphatic carbocycles. The molecular formula is C19H32O5. The zero-order valence-electron chi connectivity index (χ0n) is 15.0. The predicted octanol–water partition coefficient (Wildman–Crippen LogP) is 3.95. The summed E-state index contributed by atoms with van der Waals surface area (Å²) >= 11 is 0. The van der Waals surface area contributed by atoms with Crippen LogP contribution in [0.15, 0.2) is 12.2 Å².